The number of benzene rings is 2. The van der Waals surface area contributed by atoms with Gasteiger partial charge in [-0.05, 0) is 41.9 Å². The quantitative estimate of drug-likeness (QED) is 0.883. The van der Waals surface area contributed by atoms with E-state index < -0.39 is 0 Å². The van der Waals surface area contributed by atoms with Crippen LogP contribution in [0, 0.1) is 5.92 Å². The molecule has 1 nitrogen and oxygen atoms in total. The Morgan fingerprint density at radius 2 is 1.76 bits per heavy atom. The first-order chi connectivity index (χ1) is 9.88. The largest absolute Gasteiger partial charge is 0.303 e. The monoisotopic (exact) mass is 299 g/mol. The van der Waals surface area contributed by atoms with E-state index in [1.807, 2.05) is 0 Å². The Morgan fingerprint density at radius 3 is 2.62 bits per heavy atom. The molecular formula is C19H22ClN. The summed E-state index contributed by atoms with van der Waals surface area (Å²) in [5.41, 5.74) is 4.76. The number of halogens is 1. The lowest BCUT2D eigenvalue weighted by Gasteiger charge is -2.32. The molecule has 21 heavy (non-hydrogen) atoms. The van der Waals surface area contributed by atoms with Gasteiger partial charge >= 0.3 is 0 Å². The molecule has 2 heteroatoms. The van der Waals surface area contributed by atoms with E-state index in [4.69, 9.17) is 0 Å². The Kier molecular flexibility index (Phi) is 4.05. The number of rotatable bonds is 3. The predicted octanol–water partition coefficient (Wildman–Crippen LogP) is 4.45. The first-order valence-corrected chi connectivity index (χ1v) is 7.76. The maximum Gasteiger partial charge on any atom is 0.0471 e. The van der Waals surface area contributed by atoms with Gasteiger partial charge in [0.05, 0.1) is 0 Å². The first kappa shape index (κ1) is 14.6. The summed E-state index contributed by atoms with van der Waals surface area (Å²) in [6, 6.07) is 19.8. The van der Waals surface area contributed by atoms with Crippen molar-refractivity contribution in [1.29, 1.82) is 0 Å². The highest BCUT2D eigenvalue weighted by atomic mass is 35.5. The van der Waals surface area contributed by atoms with Crippen molar-refractivity contribution >= 4 is 12.4 Å². The van der Waals surface area contributed by atoms with E-state index in [1.54, 1.807) is 11.1 Å². The number of fused-ring (bicyclic) bond motifs is 3. The van der Waals surface area contributed by atoms with Gasteiger partial charge in [0, 0.05) is 12.1 Å². The van der Waals surface area contributed by atoms with E-state index in [9.17, 15) is 0 Å². The topological polar surface area (TPSA) is 12.0 Å². The van der Waals surface area contributed by atoms with E-state index in [0.29, 0.717) is 0 Å². The summed E-state index contributed by atoms with van der Waals surface area (Å²) in [7, 11) is 0. The molecule has 0 amide bonds. The zero-order valence-corrected chi connectivity index (χ0v) is 13.0. The lowest BCUT2D eigenvalue weighted by molar-refractivity contribution is 0.268. The fourth-order valence-corrected chi connectivity index (χ4v) is 4.29. The van der Waals surface area contributed by atoms with Crippen LogP contribution in [0.1, 0.15) is 36.0 Å². The van der Waals surface area contributed by atoms with Crippen LogP contribution < -0.4 is 5.32 Å². The second kappa shape index (κ2) is 5.82. The maximum absolute atomic E-state index is 3.93. The van der Waals surface area contributed by atoms with Crippen molar-refractivity contribution in [2.24, 2.45) is 5.92 Å². The molecule has 0 bridgehead atoms. The van der Waals surface area contributed by atoms with Crippen LogP contribution in [0.15, 0.2) is 54.6 Å². The third kappa shape index (κ3) is 2.39. The van der Waals surface area contributed by atoms with Crippen LogP contribution in [0.25, 0.3) is 0 Å². The molecule has 2 atom stereocenters. The Morgan fingerprint density at radius 1 is 1.00 bits per heavy atom. The summed E-state index contributed by atoms with van der Waals surface area (Å²) in [4.78, 5) is 0. The molecule has 4 rings (SSSR count). The highest BCUT2D eigenvalue weighted by Gasteiger charge is 2.48. The summed E-state index contributed by atoms with van der Waals surface area (Å²) in [6.07, 6.45) is 5.29. The van der Waals surface area contributed by atoms with E-state index in [1.165, 1.54) is 31.2 Å². The van der Waals surface area contributed by atoms with Gasteiger partial charge in [0.25, 0.3) is 0 Å². The predicted molar refractivity (Wildman–Crippen MR) is 89.7 cm³/mol. The number of nitrogens with one attached hydrogen (secondary N) is 1. The van der Waals surface area contributed by atoms with Gasteiger partial charge in [0.1, 0.15) is 0 Å². The third-order valence-corrected chi connectivity index (χ3v) is 5.24. The van der Waals surface area contributed by atoms with Gasteiger partial charge in [-0.2, -0.15) is 0 Å². The zero-order chi connectivity index (χ0) is 13.4. The second-order valence-electron chi connectivity index (χ2n) is 6.26. The molecule has 2 aromatic rings. The minimum atomic E-state index is 0. The van der Waals surface area contributed by atoms with Crippen LogP contribution in [0.3, 0.4) is 0 Å². The average Bonchev–Trinajstić information content (AvgIpc) is 3.02. The molecule has 0 spiro atoms. The Labute approximate surface area is 133 Å². The summed E-state index contributed by atoms with van der Waals surface area (Å²) in [5.74, 6) is 0.795. The fourth-order valence-electron chi connectivity index (χ4n) is 4.29. The van der Waals surface area contributed by atoms with E-state index in [-0.39, 0.29) is 17.9 Å². The van der Waals surface area contributed by atoms with Crippen molar-refractivity contribution in [3.05, 3.63) is 71.3 Å². The van der Waals surface area contributed by atoms with E-state index in [0.717, 1.165) is 12.5 Å². The van der Waals surface area contributed by atoms with Crippen LogP contribution in [-0.4, -0.2) is 0 Å². The smallest absolute Gasteiger partial charge is 0.0471 e. The van der Waals surface area contributed by atoms with Gasteiger partial charge < -0.3 is 5.32 Å². The first-order valence-electron chi connectivity index (χ1n) is 7.76. The molecular weight excluding hydrogens is 278 g/mol. The standard InChI is InChI=1S/C19H21N.ClH/c1-2-7-15(8-3-1)14-20-19-12-6-10-17(19)13-16-9-4-5-11-18(16)19;/h1-5,7-9,11,17,20H,6,10,12-14H2;1H/t17-,19+;/m0./s1. The van der Waals surface area contributed by atoms with Gasteiger partial charge in [-0.15, -0.1) is 12.4 Å². The molecule has 2 aliphatic rings. The summed E-state index contributed by atoms with van der Waals surface area (Å²) < 4.78 is 0. The van der Waals surface area contributed by atoms with Crippen molar-refractivity contribution in [2.75, 3.05) is 0 Å². The van der Waals surface area contributed by atoms with Gasteiger partial charge in [-0.1, -0.05) is 61.0 Å². The lowest BCUT2D eigenvalue weighted by Crippen LogP contribution is -2.42. The van der Waals surface area contributed by atoms with Crippen LogP contribution in [0.4, 0.5) is 0 Å². The SMILES string of the molecule is Cl.c1ccc(CN[C@]23CCC[C@H]2Cc2ccccc23)cc1. The molecule has 0 heterocycles. The maximum atomic E-state index is 3.93. The molecule has 0 aliphatic heterocycles. The van der Waals surface area contributed by atoms with Gasteiger partial charge in [-0.25, -0.2) is 0 Å². The number of hydrogen-bond donors (Lipinski definition) is 1. The van der Waals surface area contributed by atoms with Crippen molar-refractivity contribution in [3.63, 3.8) is 0 Å². The van der Waals surface area contributed by atoms with E-state index >= 15 is 0 Å². The lowest BCUT2D eigenvalue weighted by atomic mass is 9.86. The van der Waals surface area contributed by atoms with E-state index in [2.05, 4.69) is 59.9 Å². The molecule has 1 saturated carbocycles. The van der Waals surface area contributed by atoms with Gasteiger partial charge in [0.2, 0.25) is 0 Å². The third-order valence-electron chi connectivity index (χ3n) is 5.24. The van der Waals surface area contributed by atoms with Crippen LogP contribution in [0.5, 0.6) is 0 Å². The minimum absolute atomic E-state index is 0. The molecule has 0 unspecified atom stereocenters. The minimum Gasteiger partial charge on any atom is -0.303 e. The molecule has 1 fully saturated rings. The van der Waals surface area contributed by atoms with Crippen molar-refractivity contribution in [3.8, 4) is 0 Å². The summed E-state index contributed by atoms with van der Waals surface area (Å²) >= 11 is 0. The Bertz CT molecular complexity index is 610. The van der Waals surface area contributed by atoms with Crippen molar-refractivity contribution in [2.45, 2.75) is 37.8 Å². The highest BCUT2D eigenvalue weighted by Crippen LogP contribution is 2.51. The fraction of sp³-hybridized carbons (Fsp3) is 0.368. The van der Waals surface area contributed by atoms with Crippen molar-refractivity contribution < 1.29 is 0 Å². The molecule has 2 aromatic carbocycles. The highest BCUT2D eigenvalue weighted by molar-refractivity contribution is 5.85. The van der Waals surface area contributed by atoms with Crippen LogP contribution in [-0.2, 0) is 18.5 Å². The molecule has 2 aliphatic carbocycles. The molecule has 0 saturated heterocycles. The van der Waals surface area contributed by atoms with Gasteiger partial charge in [-0.3, -0.25) is 0 Å². The van der Waals surface area contributed by atoms with Crippen molar-refractivity contribution in [1.82, 2.24) is 5.32 Å². The molecule has 110 valence electrons. The molecule has 0 radical (unpaired) electrons. The average molecular weight is 300 g/mol. The van der Waals surface area contributed by atoms with Gasteiger partial charge in [0.15, 0.2) is 0 Å². The summed E-state index contributed by atoms with van der Waals surface area (Å²) in [5, 5.41) is 3.93. The zero-order valence-electron chi connectivity index (χ0n) is 12.2. The second-order valence-corrected chi connectivity index (χ2v) is 6.26. The Hall–Kier alpha value is -1.31. The molecule has 1 N–H and O–H groups in total. The normalized spacial score (nSPS) is 26.0. The number of hydrogen-bond acceptors (Lipinski definition) is 1. The van der Waals surface area contributed by atoms with Crippen LogP contribution in [0.2, 0.25) is 0 Å². The Balaban J connectivity index is 0.00000132. The molecule has 0 aromatic heterocycles. The summed E-state index contributed by atoms with van der Waals surface area (Å²) in [6.45, 7) is 0.978. The van der Waals surface area contributed by atoms with Crippen LogP contribution >= 0.6 is 12.4 Å².